The van der Waals surface area contributed by atoms with E-state index in [0.29, 0.717) is 11.5 Å². The molecule has 3 heteroatoms. The van der Waals surface area contributed by atoms with Gasteiger partial charge in [-0.25, -0.2) is 4.79 Å². The molecule has 2 rings (SSSR count). The first-order valence-electron chi connectivity index (χ1n) is 5.76. The molecule has 1 aromatic carbocycles. The maximum absolute atomic E-state index is 11.3. The van der Waals surface area contributed by atoms with Gasteiger partial charge in [0, 0.05) is 18.1 Å². The Morgan fingerprint density at radius 3 is 2.53 bits per heavy atom. The number of carboxylic acid groups (broad SMARTS) is 1. The molecule has 1 aromatic heterocycles. The molecule has 0 saturated heterocycles. The van der Waals surface area contributed by atoms with Crippen LogP contribution in [0, 0.1) is 6.92 Å². The predicted octanol–water partition coefficient (Wildman–Crippen LogP) is 3.31. The Hall–Kier alpha value is -1.77. The van der Waals surface area contributed by atoms with Crippen LogP contribution in [0.3, 0.4) is 0 Å². The van der Waals surface area contributed by atoms with Crippen molar-refractivity contribution in [3.63, 3.8) is 0 Å². The lowest BCUT2D eigenvalue weighted by molar-refractivity contribution is 0.0698. The first kappa shape index (κ1) is 11.7. The summed E-state index contributed by atoms with van der Waals surface area (Å²) in [5.41, 5.74) is 3.46. The Kier molecular flexibility index (Phi) is 2.69. The molecule has 0 atom stereocenters. The number of carbonyl (C=O) groups is 1. The maximum Gasteiger partial charge on any atom is 0.338 e. The minimum atomic E-state index is -0.853. The molecule has 17 heavy (non-hydrogen) atoms. The number of hydrogen-bond acceptors (Lipinski definition) is 1. The number of rotatable bonds is 2. The van der Waals surface area contributed by atoms with E-state index in [4.69, 9.17) is 0 Å². The van der Waals surface area contributed by atoms with Crippen LogP contribution in [0.5, 0.6) is 0 Å². The fraction of sp³-hybridized carbons (Fsp3) is 0.357. The van der Waals surface area contributed by atoms with Gasteiger partial charge < -0.3 is 9.67 Å². The lowest BCUT2D eigenvalue weighted by Crippen LogP contribution is -1.99. The molecule has 0 fully saturated rings. The van der Waals surface area contributed by atoms with Crippen LogP contribution in [0.1, 0.15) is 41.4 Å². The Balaban J connectivity index is 2.94. The van der Waals surface area contributed by atoms with Crippen LogP contribution < -0.4 is 0 Å². The number of para-hydroxylation sites is 1. The van der Waals surface area contributed by atoms with Crippen LogP contribution >= 0.6 is 0 Å². The molecule has 0 bridgehead atoms. The molecular formula is C14H17NO2. The zero-order chi connectivity index (χ0) is 12.7. The molecule has 0 aliphatic carbocycles. The smallest absolute Gasteiger partial charge is 0.338 e. The van der Waals surface area contributed by atoms with E-state index in [-0.39, 0.29) is 0 Å². The van der Waals surface area contributed by atoms with Gasteiger partial charge in [-0.3, -0.25) is 0 Å². The van der Waals surface area contributed by atoms with E-state index < -0.39 is 5.97 Å². The van der Waals surface area contributed by atoms with E-state index in [0.717, 1.165) is 16.6 Å². The summed E-state index contributed by atoms with van der Waals surface area (Å²) in [4.78, 5) is 11.3. The van der Waals surface area contributed by atoms with E-state index in [1.54, 1.807) is 0 Å². The monoisotopic (exact) mass is 231 g/mol. The molecule has 1 heterocycles. The molecule has 0 saturated carbocycles. The minimum absolute atomic E-state index is 0.383. The quantitative estimate of drug-likeness (QED) is 0.861. The van der Waals surface area contributed by atoms with Gasteiger partial charge in [-0.05, 0) is 18.4 Å². The predicted molar refractivity (Wildman–Crippen MR) is 68.7 cm³/mol. The SMILES string of the molecule is Cc1c(C(=O)O)c2cccc(C(C)C)c2n1C. The maximum atomic E-state index is 11.3. The number of benzene rings is 1. The third-order valence-corrected chi connectivity index (χ3v) is 3.37. The van der Waals surface area contributed by atoms with Crippen molar-refractivity contribution in [2.45, 2.75) is 26.7 Å². The molecule has 2 aromatic rings. The van der Waals surface area contributed by atoms with Gasteiger partial charge in [0.05, 0.1) is 11.1 Å². The van der Waals surface area contributed by atoms with Gasteiger partial charge in [-0.2, -0.15) is 0 Å². The third kappa shape index (κ3) is 1.62. The highest BCUT2D eigenvalue weighted by atomic mass is 16.4. The molecule has 0 spiro atoms. The second-order valence-electron chi connectivity index (χ2n) is 4.72. The number of aromatic carboxylic acids is 1. The highest BCUT2D eigenvalue weighted by molar-refractivity contribution is 6.05. The Morgan fingerprint density at radius 2 is 2.00 bits per heavy atom. The van der Waals surface area contributed by atoms with Crippen molar-refractivity contribution in [3.05, 3.63) is 35.0 Å². The average molecular weight is 231 g/mol. The van der Waals surface area contributed by atoms with E-state index in [9.17, 15) is 9.90 Å². The number of nitrogens with zero attached hydrogens (tertiary/aromatic N) is 1. The lowest BCUT2D eigenvalue weighted by atomic mass is 9.99. The van der Waals surface area contributed by atoms with Crippen LogP contribution in [-0.2, 0) is 7.05 Å². The normalized spacial score (nSPS) is 11.4. The van der Waals surface area contributed by atoms with Gasteiger partial charge in [0.25, 0.3) is 0 Å². The summed E-state index contributed by atoms with van der Waals surface area (Å²) in [6.45, 7) is 6.10. The second-order valence-corrected chi connectivity index (χ2v) is 4.72. The van der Waals surface area contributed by atoms with Gasteiger partial charge in [0.15, 0.2) is 0 Å². The zero-order valence-corrected chi connectivity index (χ0v) is 10.6. The number of aryl methyl sites for hydroxylation is 1. The first-order chi connectivity index (χ1) is 7.95. The largest absolute Gasteiger partial charge is 0.478 e. The zero-order valence-electron chi connectivity index (χ0n) is 10.6. The Morgan fingerprint density at radius 1 is 1.35 bits per heavy atom. The van der Waals surface area contributed by atoms with E-state index >= 15 is 0 Å². The fourth-order valence-corrected chi connectivity index (χ4v) is 2.40. The molecule has 0 aliphatic rings. The van der Waals surface area contributed by atoms with Gasteiger partial charge in [-0.1, -0.05) is 32.0 Å². The standard InChI is InChI=1S/C14H17NO2/c1-8(2)10-6-5-7-11-12(14(16)17)9(3)15(4)13(10)11/h5-8H,1-4H3,(H,16,17). The van der Waals surface area contributed by atoms with Crippen molar-refractivity contribution in [1.82, 2.24) is 4.57 Å². The van der Waals surface area contributed by atoms with Crippen LogP contribution in [-0.4, -0.2) is 15.6 Å². The van der Waals surface area contributed by atoms with Crippen LogP contribution in [0.25, 0.3) is 10.9 Å². The molecule has 1 N–H and O–H groups in total. The lowest BCUT2D eigenvalue weighted by Gasteiger charge is -2.09. The van der Waals surface area contributed by atoms with Crippen molar-refractivity contribution in [3.8, 4) is 0 Å². The Bertz CT molecular complexity index is 594. The summed E-state index contributed by atoms with van der Waals surface area (Å²) >= 11 is 0. The van der Waals surface area contributed by atoms with Crippen molar-refractivity contribution < 1.29 is 9.90 Å². The number of aromatic nitrogens is 1. The fourth-order valence-electron chi connectivity index (χ4n) is 2.40. The summed E-state index contributed by atoms with van der Waals surface area (Å²) in [5, 5.41) is 10.1. The molecule has 0 amide bonds. The highest BCUT2D eigenvalue weighted by Gasteiger charge is 2.20. The topological polar surface area (TPSA) is 42.2 Å². The second kappa shape index (κ2) is 3.91. The van der Waals surface area contributed by atoms with Crippen LogP contribution in [0.2, 0.25) is 0 Å². The number of carboxylic acids is 1. The number of hydrogen-bond donors (Lipinski definition) is 1. The van der Waals surface area contributed by atoms with E-state index in [1.807, 2.05) is 30.7 Å². The van der Waals surface area contributed by atoms with Crippen molar-refractivity contribution in [2.75, 3.05) is 0 Å². The first-order valence-corrected chi connectivity index (χ1v) is 5.76. The van der Waals surface area contributed by atoms with Gasteiger partial charge in [0.1, 0.15) is 0 Å². The average Bonchev–Trinajstić information content (AvgIpc) is 2.51. The molecule has 90 valence electrons. The van der Waals surface area contributed by atoms with Gasteiger partial charge in [-0.15, -0.1) is 0 Å². The third-order valence-electron chi connectivity index (χ3n) is 3.37. The van der Waals surface area contributed by atoms with Crippen molar-refractivity contribution in [2.24, 2.45) is 7.05 Å². The van der Waals surface area contributed by atoms with Gasteiger partial charge >= 0.3 is 5.97 Å². The summed E-state index contributed by atoms with van der Waals surface area (Å²) in [6.07, 6.45) is 0. The minimum Gasteiger partial charge on any atom is -0.478 e. The summed E-state index contributed by atoms with van der Waals surface area (Å²) in [6, 6.07) is 5.89. The molecular weight excluding hydrogens is 214 g/mol. The van der Waals surface area contributed by atoms with Crippen molar-refractivity contribution in [1.29, 1.82) is 0 Å². The summed E-state index contributed by atoms with van der Waals surface area (Å²) < 4.78 is 1.98. The summed E-state index contributed by atoms with van der Waals surface area (Å²) in [7, 11) is 1.93. The van der Waals surface area contributed by atoms with E-state index in [2.05, 4.69) is 19.9 Å². The Labute approximate surface area is 101 Å². The number of fused-ring (bicyclic) bond motifs is 1. The molecule has 0 radical (unpaired) electrons. The highest BCUT2D eigenvalue weighted by Crippen LogP contribution is 2.31. The molecule has 3 nitrogen and oxygen atoms in total. The van der Waals surface area contributed by atoms with Gasteiger partial charge in [0.2, 0.25) is 0 Å². The molecule has 0 unspecified atom stereocenters. The van der Waals surface area contributed by atoms with Crippen molar-refractivity contribution >= 4 is 16.9 Å². The summed E-state index contributed by atoms with van der Waals surface area (Å²) in [5.74, 6) is -0.470. The molecule has 0 aliphatic heterocycles. The van der Waals surface area contributed by atoms with E-state index in [1.165, 1.54) is 5.56 Å². The van der Waals surface area contributed by atoms with Crippen LogP contribution in [0.15, 0.2) is 18.2 Å². The van der Waals surface area contributed by atoms with Crippen LogP contribution in [0.4, 0.5) is 0 Å².